The number of hydrogen-bond donors (Lipinski definition) is 2. The van der Waals surface area contributed by atoms with Crippen LogP contribution in [0.1, 0.15) is 5.56 Å². The van der Waals surface area contributed by atoms with E-state index in [4.69, 9.17) is 5.73 Å². The third-order valence-electron chi connectivity index (χ3n) is 3.57. The molecular formula is C17H15N5O2. The van der Waals surface area contributed by atoms with Crippen molar-refractivity contribution in [3.63, 3.8) is 0 Å². The molecule has 0 aliphatic rings. The molecule has 1 heterocycles. The van der Waals surface area contributed by atoms with Crippen LogP contribution in [0.5, 0.6) is 0 Å². The second kappa shape index (κ2) is 6.33. The Bertz CT molecular complexity index is 911. The zero-order valence-electron chi connectivity index (χ0n) is 12.9. The monoisotopic (exact) mass is 321 g/mol. The van der Waals surface area contributed by atoms with Crippen LogP contribution in [0.4, 0.5) is 22.9 Å². The van der Waals surface area contributed by atoms with Crippen molar-refractivity contribution in [1.82, 2.24) is 9.97 Å². The second-order valence-corrected chi connectivity index (χ2v) is 5.29. The molecular weight excluding hydrogens is 306 g/mol. The molecule has 0 atom stereocenters. The highest BCUT2D eigenvalue weighted by molar-refractivity contribution is 5.68. The van der Waals surface area contributed by atoms with Gasteiger partial charge in [0.15, 0.2) is 0 Å². The lowest BCUT2D eigenvalue weighted by molar-refractivity contribution is -0.384. The molecule has 0 bridgehead atoms. The van der Waals surface area contributed by atoms with Crippen molar-refractivity contribution in [2.24, 2.45) is 0 Å². The van der Waals surface area contributed by atoms with Crippen molar-refractivity contribution in [2.75, 3.05) is 11.1 Å². The van der Waals surface area contributed by atoms with Crippen molar-refractivity contribution in [3.8, 4) is 11.3 Å². The van der Waals surface area contributed by atoms with Crippen LogP contribution in [0.3, 0.4) is 0 Å². The van der Waals surface area contributed by atoms with Gasteiger partial charge in [-0.2, -0.15) is 0 Å². The fourth-order valence-electron chi connectivity index (χ4n) is 2.23. The number of hydrogen-bond acceptors (Lipinski definition) is 6. The van der Waals surface area contributed by atoms with Gasteiger partial charge in [-0.1, -0.05) is 18.2 Å². The average molecular weight is 321 g/mol. The molecule has 2 aromatic carbocycles. The molecule has 1 aromatic heterocycles. The highest BCUT2D eigenvalue weighted by Gasteiger charge is 2.09. The fraction of sp³-hybridized carbons (Fsp3) is 0.0588. The smallest absolute Gasteiger partial charge is 0.270 e. The first-order valence-corrected chi connectivity index (χ1v) is 7.23. The first kappa shape index (κ1) is 15.4. The zero-order chi connectivity index (χ0) is 17.1. The highest BCUT2D eigenvalue weighted by Crippen LogP contribution is 2.25. The summed E-state index contributed by atoms with van der Waals surface area (Å²) < 4.78 is 0. The van der Waals surface area contributed by atoms with E-state index in [0.29, 0.717) is 22.8 Å². The van der Waals surface area contributed by atoms with Crippen molar-refractivity contribution in [3.05, 3.63) is 70.5 Å². The van der Waals surface area contributed by atoms with Gasteiger partial charge in [-0.05, 0) is 24.6 Å². The number of non-ortho nitro benzene ring substituents is 1. The number of nitrogens with one attached hydrogen (secondary N) is 1. The van der Waals surface area contributed by atoms with Crippen molar-refractivity contribution in [2.45, 2.75) is 6.92 Å². The lowest BCUT2D eigenvalue weighted by Crippen LogP contribution is -1.97. The van der Waals surface area contributed by atoms with E-state index < -0.39 is 4.92 Å². The Balaban J connectivity index is 1.90. The number of aryl methyl sites for hydroxylation is 1. The van der Waals surface area contributed by atoms with Crippen LogP contribution < -0.4 is 11.1 Å². The van der Waals surface area contributed by atoms with Gasteiger partial charge in [0.25, 0.3) is 5.69 Å². The molecule has 0 radical (unpaired) electrons. The largest absolute Gasteiger partial charge is 0.398 e. The number of nitrogens with two attached hydrogens (primary N) is 1. The van der Waals surface area contributed by atoms with Crippen molar-refractivity contribution >= 4 is 22.9 Å². The Morgan fingerprint density at radius 3 is 2.71 bits per heavy atom. The predicted octanol–water partition coefficient (Wildman–Crippen LogP) is 3.69. The number of nitrogen functional groups attached to an aromatic ring is 1. The molecule has 0 fully saturated rings. The minimum Gasteiger partial charge on any atom is -0.398 e. The van der Waals surface area contributed by atoms with Crippen LogP contribution >= 0.6 is 0 Å². The first-order valence-electron chi connectivity index (χ1n) is 7.23. The first-order chi connectivity index (χ1) is 11.5. The Morgan fingerprint density at radius 2 is 1.96 bits per heavy atom. The summed E-state index contributed by atoms with van der Waals surface area (Å²) in [6.45, 7) is 1.93. The Hall–Kier alpha value is -3.48. The van der Waals surface area contributed by atoms with Crippen LogP contribution in [-0.2, 0) is 0 Å². The molecule has 24 heavy (non-hydrogen) atoms. The van der Waals surface area contributed by atoms with Crippen LogP contribution in [-0.4, -0.2) is 14.9 Å². The predicted molar refractivity (Wildman–Crippen MR) is 93.0 cm³/mol. The van der Waals surface area contributed by atoms with Gasteiger partial charge >= 0.3 is 0 Å². The third kappa shape index (κ3) is 3.30. The molecule has 7 heteroatoms. The van der Waals surface area contributed by atoms with Gasteiger partial charge < -0.3 is 11.1 Å². The molecule has 0 amide bonds. The summed E-state index contributed by atoms with van der Waals surface area (Å²) in [5.41, 5.74) is 9.66. The number of benzene rings is 2. The lowest BCUT2D eigenvalue weighted by Gasteiger charge is -2.09. The number of anilines is 3. The summed E-state index contributed by atoms with van der Waals surface area (Å²) in [7, 11) is 0. The van der Waals surface area contributed by atoms with Crippen LogP contribution in [0.2, 0.25) is 0 Å². The van der Waals surface area contributed by atoms with Gasteiger partial charge in [0.05, 0.1) is 10.6 Å². The summed E-state index contributed by atoms with van der Waals surface area (Å²) in [5.74, 6) is 0.578. The number of nitro groups is 1. The highest BCUT2D eigenvalue weighted by atomic mass is 16.6. The van der Waals surface area contributed by atoms with E-state index in [-0.39, 0.29) is 5.69 Å². The molecule has 0 unspecified atom stereocenters. The maximum atomic E-state index is 10.9. The molecule has 0 saturated carbocycles. The van der Waals surface area contributed by atoms with E-state index in [1.54, 1.807) is 18.2 Å². The average Bonchev–Trinajstić information content (AvgIpc) is 2.58. The van der Waals surface area contributed by atoms with E-state index in [1.165, 1.54) is 18.5 Å². The van der Waals surface area contributed by atoms with E-state index in [2.05, 4.69) is 15.3 Å². The molecule has 0 spiro atoms. The van der Waals surface area contributed by atoms with Gasteiger partial charge in [0, 0.05) is 35.1 Å². The summed E-state index contributed by atoms with van der Waals surface area (Å²) >= 11 is 0. The SMILES string of the molecule is Cc1ccc(Nc2cc(-c3cccc([N+](=O)[O-])c3)ncn2)cc1N. The maximum absolute atomic E-state index is 10.9. The molecule has 3 rings (SSSR count). The van der Waals surface area contributed by atoms with Gasteiger partial charge in [-0.15, -0.1) is 0 Å². The molecule has 3 aromatic rings. The van der Waals surface area contributed by atoms with E-state index in [1.807, 2.05) is 25.1 Å². The van der Waals surface area contributed by atoms with Crippen LogP contribution in [0.25, 0.3) is 11.3 Å². The molecule has 0 aliphatic heterocycles. The Morgan fingerprint density at radius 1 is 1.12 bits per heavy atom. The van der Waals surface area contributed by atoms with E-state index in [0.717, 1.165) is 11.3 Å². The molecule has 3 N–H and O–H groups in total. The number of nitrogens with zero attached hydrogens (tertiary/aromatic N) is 3. The molecule has 0 saturated heterocycles. The normalized spacial score (nSPS) is 10.4. The minimum absolute atomic E-state index is 0.0203. The quantitative estimate of drug-likeness (QED) is 0.431. The van der Waals surface area contributed by atoms with Gasteiger partial charge in [0.1, 0.15) is 12.1 Å². The van der Waals surface area contributed by atoms with Gasteiger partial charge in [-0.3, -0.25) is 10.1 Å². The maximum Gasteiger partial charge on any atom is 0.270 e. The van der Waals surface area contributed by atoms with Crippen molar-refractivity contribution in [1.29, 1.82) is 0 Å². The molecule has 120 valence electrons. The van der Waals surface area contributed by atoms with E-state index in [9.17, 15) is 10.1 Å². The van der Waals surface area contributed by atoms with Gasteiger partial charge in [0.2, 0.25) is 0 Å². The summed E-state index contributed by atoms with van der Waals surface area (Å²) in [4.78, 5) is 18.8. The fourth-order valence-corrected chi connectivity index (χ4v) is 2.23. The molecule has 0 aliphatic carbocycles. The van der Waals surface area contributed by atoms with Crippen LogP contribution in [0.15, 0.2) is 54.9 Å². The minimum atomic E-state index is -0.432. The Kier molecular flexibility index (Phi) is 4.07. The van der Waals surface area contributed by atoms with Crippen LogP contribution in [0, 0.1) is 17.0 Å². The standard InChI is InChI=1S/C17H15N5O2/c1-11-5-6-13(8-15(11)18)21-17-9-16(19-10-20-17)12-3-2-4-14(7-12)22(23)24/h2-10H,18H2,1H3,(H,19,20,21). The third-order valence-corrected chi connectivity index (χ3v) is 3.57. The summed E-state index contributed by atoms with van der Waals surface area (Å²) in [5, 5.41) is 14.1. The number of rotatable bonds is 4. The van der Waals surface area contributed by atoms with Crippen molar-refractivity contribution < 1.29 is 4.92 Å². The zero-order valence-corrected chi connectivity index (χ0v) is 12.9. The summed E-state index contributed by atoms with van der Waals surface area (Å²) in [6.07, 6.45) is 1.41. The summed E-state index contributed by atoms with van der Waals surface area (Å²) in [6, 6.07) is 13.7. The second-order valence-electron chi connectivity index (χ2n) is 5.29. The van der Waals surface area contributed by atoms with Gasteiger partial charge in [-0.25, -0.2) is 9.97 Å². The van der Waals surface area contributed by atoms with E-state index >= 15 is 0 Å². The molecule has 7 nitrogen and oxygen atoms in total. The lowest BCUT2D eigenvalue weighted by atomic mass is 10.1. The number of aromatic nitrogens is 2. The Labute approximate surface area is 138 Å². The number of nitro benzene ring substituents is 1. The topological polar surface area (TPSA) is 107 Å².